The Labute approximate surface area is 156 Å². The van der Waals surface area contributed by atoms with Gasteiger partial charge in [0.15, 0.2) is 0 Å². The molecule has 0 spiro atoms. The second-order valence-corrected chi connectivity index (χ2v) is 6.23. The number of aromatic nitrogens is 2. The van der Waals surface area contributed by atoms with Gasteiger partial charge in [-0.05, 0) is 24.1 Å². The van der Waals surface area contributed by atoms with Crippen LogP contribution in [-0.4, -0.2) is 21.9 Å². The molecule has 1 aromatic heterocycles. The number of aryl methyl sites for hydroxylation is 1. The largest absolute Gasteiger partial charge is 0.383 e. The molecule has 4 N–H and O–H groups in total. The van der Waals surface area contributed by atoms with Gasteiger partial charge in [0.05, 0.1) is 10.6 Å². The molecule has 0 fully saturated rings. The van der Waals surface area contributed by atoms with Crippen molar-refractivity contribution in [2.75, 3.05) is 23.4 Å². The lowest BCUT2D eigenvalue weighted by molar-refractivity contribution is -0.384. The highest BCUT2D eigenvalue weighted by Gasteiger charge is 2.21. The molecule has 0 bridgehead atoms. The van der Waals surface area contributed by atoms with Crippen LogP contribution in [0, 0.1) is 17.0 Å². The number of hydrogen-bond donors (Lipinski definition) is 2. The Hall–Kier alpha value is -3.68. The number of benzene rings is 2. The molecule has 0 unspecified atom stereocenters. The Balaban J connectivity index is 2.02. The molecule has 0 aliphatic rings. The normalized spacial score (nSPS) is 10.6. The van der Waals surface area contributed by atoms with E-state index in [1.54, 1.807) is 19.1 Å². The topological polar surface area (TPSA) is 124 Å². The van der Waals surface area contributed by atoms with E-state index in [1.165, 1.54) is 6.07 Å². The van der Waals surface area contributed by atoms with Crippen LogP contribution in [0.1, 0.15) is 11.3 Å². The zero-order chi connectivity index (χ0) is 19.6. The van der Waals surface area contributed by atoms with E-state index < -0.39 is 4.92 Å². The van der Waals surface area contributed by atoms with Gasteiger partial charge in [0, 0.05) is 25.2 Å². The van der Waals surface area contributed by atoms with Crippen LogP contribution in [0.25, 0.3) is 11.1 Å². The lowest BCUT2D eigenvalue weighted by Crippen LogP contribution is -2.17. The van der Waals surface area contributed by atoms with Crippen LogP contribution in [0.2, 0.25) is 0 Å². The molecule has 1 heterocycles. The molecule has 0 radical (unpaired) electrons. The van der Waals surface area contributed by atoms with E-state index in [4.69, 9.17) is 11.5 Å². The summed E-state index contributed by atoms with van der Waals surface area (Å²) in [5.41, 5.74) is 14.8. The molecular weight excluding hydrogens is 344 g/mol. The minimum Gasteiger partial charge on any atom is -0.383 e. The SMILES string of the molecule is Cc1nc(N)nc(N)c1-c1ccc(N(C)Cc2ccccc2)c([N+](=O)[O-])c1. The Kier molecular flexibility index (Phi) is 4.89. The number of nitrogens with zero attached hydrogens (tertiary/aromatic N) is 4. The Morgan fingerprint density at radius 2 is 1.81 bits per heavy atom. The molecular formula is C19H20N6O2. The molecule has 0 aliphatic heterocycles. The van der Waals surface area contributed by atoms with Crippen LogP contribution in [0.5, 0.6) is 0 Å². The number of nitro groups is 1. The van der Waals surface area contributed by atoms with Crippen LogP contribution in [0.3, 0.4) is 0 Å². The maximum Gasteiger partial charge on any atom is 0.293 e. The Bertz CT molecular complexity index is 968. The van der Waals surface area contributed by atoms with Crippen molar-refractivity contribution in [2.45, 2.75) is 13.5 Å². The quantitative estimate of drug-likeness (QED) is 0.526. The van der Waals surface area contributed by atoms with Crippen molar-refractivity contribution >= 4 is 23.1 Å². The molecule has 8 heteroatoms. The van der Waals surface area contributed by atoms with Crippen molar-refractivity contribution in [2.24, 2.45) is 0 Å². The van der Waals surface area contributed by atoms with Crippen LogP contribution >= 0.6 is 0 Å². The fraction of sp³-hybridized carbons (Fsp3) is 0.158. The number of nitrogen functional groups attached to an aromatic ring is 2. The van der Waals surface area contributed by atoms with Gasteiger partial charge >= 0.3 is 0 Å². The number of hydrogen-bond acceptors (Lipinski definition) is 7. The van der Waals surface area contributed by atoms with Crippen molar-refractivity contribution in [3.63, 3.8) is 0 Å². The average molecular weight is 364 g/mol. The van der Waals surface area contributed by atoms with E-state index in [1.807, 2.05) is 42.3 Å². The van der Waals surface area contributed by atoms with Gasteiger partial charge in [-0.2, -0.15) is 4.98 Å². The summed E-state index contributed by atoms with van der Waals surface area (Å²) in [7, 11) is 1.82. The molecule has 0 aliphatic carbocycles. The van der Waals surface area contributed by atoms with Gasteiger partial charge in [-0.25, -0.2) is 4.98 Å². The van der Waals surface area contributed by atoms with Gasteiger partial charge in [-0.15, -0.1) is 0 Å². The van der Waals surface area contributed by atoms with Crippen LogP contribution in [-0.2, 0) is 6.54 Å². The molecule has 0 atom stereocenters. The van der Waals surface area contributed by atoms with Crippen molar-refractivity contribution in [3.05, 3.63) is 69.9 Å². The molecule has 0 saturated carbocycles. The molecule has 3 rings (SSSR count). The van der Waals surface area contributed by atoms with Gasteiger partial charge in [-0.1, -0.05) is 36.4 Å². The summed E-state index contributed by atoms with van der Waals surface area (Å²) in [6.45, 7) is 2.29. The molecule has 27 heavy (non-hydrogen) atoms. The highest BCUT2D eigenvalue weighted by atomic mass is 16.6. The maximum absolute atomic E-state index is 11.7. The zero-order valence-electron chi connectivity index (χ0n) is 15.1. The highest BCUT2D eigenvalue weighted by molar-refractivity contribution is 5.81. The van der Waals surface area contributed by atoms with Gasteiger partial charge in [0.1, 0.15) is 11.5 Å². The summed E-state index contributed by atoms with van der Waals surface area (Å²) in [6.07, 6.45) is 0. The van der Waals surface area contributed by atoms with E-state index in [0.717, 1.165) is 5.56 Å². The Morgan fingerprint density at radius 1 is 1.11 bits per heavy atom. The smallest absolute Gasteiger partial charge is 0.293 e. The first-order valence-electron chi connectivity index (χ1n) is 8.30. The van der Waals surface area contributed by atoms with Crippen LogP contribution in [0.4, 0.5) is 23.1 Å². The monoisotopic (exact) mass is 364 g/mol. The van der Waals surface area contributed by atoms with Crippen molar-refractivity contribution < 1.29 is 4.92 Å². The first-order chi connectivity index (χ1) is 12.9. The molecule has 8 nitrogen and oxygen atoms in total. The third kappa shape index (κ3) is 3.79. The number of nitro benzene ring substituents is 1. The van der Waals surface area contributed by atoms with Gasteiger partial charge in [0.2, 0.25) is 5.95 Å². The lowest BCUT2D eigenvalue weighted by Gasteiger charge is -2.20. The van der Waals surface area contributed by atoms with E-state index in [0.29, 0.717) is 29.1 Å². The standard InChI is InChI=1S/C19H20N6O2/c1-12-17(18(20)23-19(21)22-12)14-8-9-15(16(10-14)25(26)27)24(2)11-13-6-4-3-5-7-13/h3-10H,11H2,1-2H3,(H4,20,21,22,23). The molecule has 0 saturated heterocycles. The van der Waals surface area contributed by atoms with Gasteiger partial charge in [0.25, 0.3) is 5.69 Å². The van der Waals surface area contributed by atoms with Gasteiger partial charge in [-0.3, -0.25) is 10.1 Å². The predicted molar refractivity (Wildman–Crippen MR) is 106 cm³/mol. The van der Waals surface area contributed by atoms with Crippen molar-refractivity contribution in [3.8, 4) is 11.1 Å². The number of anilines is 3. The second kappa shape index (κ2) is 7.28. The van der Waals surface area contributed by atoms with Crippen molar-refractivity contribution in [1.82, 2.24) is 9.97 Å². The van der Waals surface area contributed by atoms with Crippen molar-refractivity contribution in [1.29, 1.82) is 0 Å². The van der Waals surface area contributed by atoms with Crippen LogP contribution in [0.15, 0.2) is 48.5 Å². The Morgan fingerprint density at radius 3 is 2.44 bits per heavy atom. The third-order valence-corrected chi connectivity index (χ3v) is 4.27. The predicted octanol–water partition coefficient (Wildman–Crippen LogP) is 3.16. The molecule has 0 amide bonds. The number of rotatable bonds is 5. The fourth-order valence-electron chi connectivity index (χ4n) is 3.06. The van der Waals surface area contributed by atoms with E-state index in [-0.39, 0.29) is 17.5 Å². The summed E-state index contributed by atoms with van der Waals surface area (Å²) in [6, 6.07) is 14.8. The number of nitrogens with two attached hydrogens (primary N) is 2. The van der Waals surface area contributed by atoms with Crippen LogP contribution < -0.4 is 16.4 Å². The summed E-state index contributed by atoms with van der Waals surface area (Å²) in [5.74, 6) is 0.266. The first-order valence-corrected chi connectivity index (χ1v) is 8.30. The summed E-state index contributed by atoms with van der Waals surface area (Å²) >= 11 is 0. The minimum atomic E-state index is -0.399. The summed E-state index contributed by atoms with van der Waals surface area (Å²) < 4.78 is 0. The second-order valence-electron chi connectivity index (χ2n) is 6.23. The summed E-state index contributed by atoms with van der Waals surface area (Å²) in [4.78, 5) is 21.2. The third-order valence-electron chi connectivity index (χ3n) is 4.27. The lowest BCUT2D eigenvalue weighted by atomic mass is 10.0. The van der Waals surface area contributed by atoms with E-state index in [9.17, 15) is 10.1 Å². The highest BCUT2D eigenvalue weighted by Crippen LogP contribution is 2.36. The van der Waals surface area contributed by atoms with E-state index in [2.05, 4.69) is 9.97 Å². The maximum atomic E-state index is 11.7. The zero-order valence-corrected chi connectivity index (χ0v) is 15.1. The molecule has 3 aromatic rings. The molecule has 138 valence electrons. The van der Waals surface area contributed by atoms with Gasteiger partial charge < -0.3 is 16.4 Å². The molecule has 2 aromatic carbocycles. The fourth-order valence-corrected chi connectivity index (χ4v) is 3.06. The first kappa shape index (κ1) is 18.1. The van der Waals surface area contributed by atoms with E-state index >= 15 is 0 Å². The summed E-state index contributed by atoms with van der Waals surface area (Å²) in [5, 5.41) is 11.7. The minimum absolute atomic E-state index is 0.0124. The average Bonchev–Trinajstić information content (AvgIpc) is 2.61.